The third-order valence-electron chi connectivity index (χ3n) is 3.93. The van der Waals surface area contributed by atoms with Gasteiger partial charge in [0.1, 0.15) is 5.60 Å². The summed E-state index contributed by atoms with van der Waals surface area (Å²) in [5.74, 6) is -0.625. The Bertz CT molecular complexity index is 531. The smallest absolute Gasteiger partial charge is 0.417 e. The van der Waals surface area contributed by atoms with Gasteiger partial charge in [0.05, 0.1) is 12.0 Å². The molecule has 1 heterocycles. The Morgan fingerprint density at radius 1 is 1.36 bits per heavy atom. The van der Waals surface area contributed by atoms with E-state index in [9.17, 15) is 14.4 Å². The number of likely N-dealkylation sites (tertiary alicyclic amines) is 1. The molecule has 2 amide bonds. The highest BCUT2D eigenvalue weighted by Gasteiger charge is 2.52. The van der Waals surface area contributed by atoms with Gasteiger partial charge in [0.2, 0.25) is 5.91 Å². The maximum absolute atomic E-state index is 12.6. The fourth-order valence-electron chi connectivity index (χ4n) is 2.87. The van der Waals surface area contributed by atoms with Crippen molar-refractivity contribution in [2.75, 3.05) is 13.2 Å². The Balaban J connectivity index is 2.04. The average molecular weight is 309 g/mol. The van der Waals surface area contributed by atoms with E-state index < -0.39 is 17.1 Å². The number of imide groups is 1. The Labute approximate surface area is 130 Å². The Hall–Kier alpha value is -1.85. The van der Waals surface area contributed by atoms with E-state index in [0.29, 0.717) is 38.0 Å². The van der Waals surface area contributed by atoms with Crippen LogP contribution in [0.5, 0.6) is 0 Å². The lowest BCUT2D eigenvalue weighted by atomic mass is 9.83. The van der Waals surface area contributed by atoms with Gasteiger partial charge in [-0.05, 0) is 47.0 Å². The summed E-state index contributed by atoms with van der Waals surface area (Å²) in [6.07, 6.45) is 2.50. The molecule has 0 aromatic carbocycles. The highest BCUT2D eigenvalue weighted by molar-refractivity contribution is 6.00. The Morgan fingerprint density at radius 3 is 2.64 bits per heavy atom. The van der Waals surface area contributed by atoms with Crippen LogP contribution in [0.1, 0.15) is 47.0 Å². The molecule has 6 nitrogen and oxygen atoms in total. The van der Waals surface area contributed by atoms with Crippen LogP contribution >= 0.6 is 0 Å². The summed E-state index contributed by atoms with van der Waals surface area (Å²) in [6, 6.07) is 0. The van der Waals surface area contributed by atoms with Crippen LogP contribution in [0.2, 0.25) is 0 Å². The molecule has 2 aliphatic rings. The van der Waals surface area contributed by atoms with Crippen LogP contribution in [-0.2, 0) is 19.1 Å². The van der Waals surface area contributed by atoms with Gasteiger partial charge in [-0.15, -0.1) is 0 Å². The van der Waals surface area contributed by atoms with Gasteiger partial charge in [-0.25, -0.2) is 14.5 Å². The molecule has 0 aromatic rings. The van der Waals surface area contributed by atoms with Gasteiger partial charge in [0.15, 0.2) is 0 Å². The van der Waals surface area contributed by atoms with Crippen LogP contribution in [-0.4, -0.2) is 41.6 Å². The second-order valence-electron chi connectivity index (χ2n) is 6.80. The molecule has 0 aromatic heterocycles. The van der Waals surface area contributed by atoms with Crippen molar-refractivity contribution in [1.29, 1.82) is 0 Å². The van der Waals surface area contributed by atoms with E-state index in [1.54, 1.807) is 33.8 Å². The number of amides is 2. The normalized spacial score (nSPS) is 24.6. The number of esters is 1. The van der Waals surface area contributed by atoms with Crippen molar-refractivity contribution in [3.05, 3.63) is 11.6 Å². The molecule has 22 heavy (non-hydrogen) atoms. The van der Waals surface area contributed by atoms with Gasteiger partial charge in [-0.1, -0.05) is 6.08 Å². The largest absolute Gasteiger partial charge is 0.463 e. The first-order valence-electron chi connectivity index (χ1n) is 7.60. The Kier molecular flexibility index (Phi) is 4.31. The summed E-state index contributed by atoms with van der Waals surface area (Å²) in [5.41, 5.74) is -0.794. The maximum atomic E-state index is 12.6. The number of carbonyl (C=O) groups excluding carboxylic acids is 3. The monoisotopic (exact) mass is 309 g/mol. The quantitative estimate of drug-likeness (QED) is 0.732. The highest BCUT2D eigenvalue weighted by atomic mass is 16.6. The predicted molar refractivity (Wildman–Crippen MR) is 78.9 cm³/mol. The van der Waals surface area contributed by atoms with Gasteiger partial charge in [0.25, 0.3) is 0 Å². The van der Waals surface area contributed by atoms with Crippen LogP contribution in [0.25, 0.3) is 0 Å². The molecule has 6 heteroatoms. The summed E-state index contributed by atoms with van der Waals surface area (Å²) in [7, 11) is 0. The van der Waals surface area contributed by atoms with Gasteiger partial charge < -0.3 is 9.47 Å². The third kappa shape index (κ3) is 3.15. The zero-order valence-corrected chi connectivity index (χ0v) is 13.6. The van der Waals surface area contributed by atoms with E-state index in [-0.39, 0.29) is 11.9 Å². The molecule has 1 aliphatic carbocycles. The van der Waals surface area contributed by atoms with Crippen LogP contribution in [0, 0.1) is 5.41 Å². The first-order valence-corrected chi connectivity index (χ1v) is 7.60. The molecule has 1 fully saturated rings. The topological polar surface area (TPSA) is 72.9 Å². The molecule has 0 unspecified atom stereocenters. The van der Waals surface area contributed by atoms with E-state index in [1.807, 2.05) is 0 Å². The molecule has 1 atom stereocenters. The standard InChI is InChI=1S/C16H23NO5/c1-5-21-12(18)11-6-7-16(10-11)8-9-17(13(16)19)14(20)22-15(2,3)4/h6H,5,7-10H2,1-4H3/t16-/m0/s1. The molecular formula is C16H23NO5. The lowest BCUT2D eigenvalue weighted by molar-refractivity contribution is -0.139. The number of hydrogen-bond donors (Lipinski definition) is 0. The number of hydrogen-bond acceptors (Lipinski definition) is 5. The SMILES string of the molecule is CCOC(=O)C1=CC[C@]2(CCN(C(=O)OC(C)(C)C)C2=O)C1. The summed E-state index contributed by atoms with van der Waals surface area (Å²) < 4.78 is 10.2. The second kappa shape index (κ2) is 5.74. The van der Waals surface area contributed by atoms with Gasteiger partial charge in [-0.3, -0.25) is 4.79 Å². The van der Waals surface area contributed by atoms with Crippen LogP contribution in [0.4, 0.5) is 4.79 Å². The fourth-order valence-corrected chi connectivity index (χ4v) is 2.87. The molecule has 1 spiro atoms. The van der Waals surface area contributed by atoms with E-state index in [1.165, 1.54) is 0 Å². The highest BCUT2D eigenvalue weighted by Crippen LogP contribution is 2.46. The van der Waals surface area contributed by atoms with E-state index >= 15 is 0 Å². The lowest BCUT2D eigenvalue weighted by Crippen LogP contribution is -2.41. The van der Waals surface area contributed by atoms with Crippen LogP contribution in [0.15, 0.2) is 11.6 Å². The zero-order valence-electron chi connectivity index (χ0n) is 13.6. The summed E-state index contributed by atoms with van der Waals surface area (Å²) in [6.45, 7) is 7.67. The van der Waals surface area contributed by atoms with Crippen molar-refractivity contribution in [1.82, 2.24) is 4.90 Å². The first kappa shape index (κ1) is 16.5. The molecule has 0 radical (unpaired) electrons. The van der Waals surface area contributed by atoms with Crippen LogP contribution in [0.3, 0.4) is 0 Å². The second-order valence-corrected chi connectivity index (χ2v) is 6.80. The number of rotatable bonds is 2. The molecule has 0 saturated carbocycles. The molecule has 122 valence electrons. The van der Waals surface area contributed by atoms with Crippen molar-refractivity contribution >= 4 is 18.0 Å². The number of allylic oxidation sites excluding steroid dienone is 1. The van der Waals surface area contributed by atoms with E-state index in [0.717, 1.165) is 4.90 Å². The average Bonchev–Trinajstić information content (AvgIpc) is 2.95. The predicted octanol–water partition coefficient (Wildman–Crippen LogP) is 2.42. The lowest BCUT2D eigenvalue weighted by Gasteiger charge is -2.25. The van der Waals surface area contributed by atoms with Crippen molar-refractivity contribution < 1.29 is 23.9 Å². The van der Waals surface area contributed by atoms with Crippen molar-refractivity contribution in [3.8, 4) is 0 Å². The zero-order chi connectivity index (χ0) is 16.5. The number of carbonyl (C=O) groups is 3. The summed E-state index contributed by atoms with van der Waals surface area (Å²) in [5, 5.41) is 0. The summed E-state index contributed by atoms with van der Waals surface area (Å²) in [4.78, 5) is 37.7. The third-order valence-corrected chi connectivity index (χ3v) is 3.93. The number of ether oxygens (including phenoxy) is 2. The van der Waals surface area contributed by atoms with Gasteiger partial charge >= 0.3 is 12.1 Å². The first-order chi connectivity index (χ1) is 10.2. The minimum Gasteiger partial charge on any atom is -0.463 e. The maximum Gasteiger partial charge on any atom is 0.417 e. The van der Waals surface area contributed by atoms with Crippen molar-refractivity contribution in [3.63, 3.8) is 0 Å². The molecule has 1 saturated heterocycles. The molecular weight excluding hydrogens is 286 g/mol. The van der Waals surface area contributed by atoms with Crippen molar-refractivity contribution in [2.24, 2.45) is 5.41 Å². The van der Waals surface area contributed by atoms with E-state index in [2.05, 4.69) is 0 Å². The molecule has 1 aliphatic heterocycles. The molecule has 0 bridgehead atoms. The molecule has 2 rings (SSSR count). The number of nitrogens with zero attached hydrogens (tertiary/aromatic N) is 1. The fraction of sp³-hybridized carbons (Fsp3) is 0.688. The molecule has 0 N–H and O–H groups in total. The van der Waals surface area contributed by atoms with Crippen LogP contribution < -0.4 is 0 Å². The minimum atomic E-state index is -0.682. The summed E-state index contributed by atoms with van der Waals surface area (Å²) >= 11 is 0. The van der Waals surface area contributed by atoms with E-state index in [4.69, 9.17) is 9.47 Å². The Morgan fingerprint density at radius 2 is 2.05 bits per heavy atom. The van der Waals surface area contributed by atoms with Gasteiger partial charge in [0, 0.05) is 12.1 Å². The minimum absolute atomic E-state index is 0.253. The van der Waals surface area contributed by atoms with Crippen molar-refractivity contribution in [2.45, 2.75) is 52.6 Å². The van der Waals surface area contributed by atoms with Gasteiger partial charge in [-0.2, -0.15) is 0 Å².